The smallest absolute Gasteiger partial charge is 0.240 e. The van der Waals surface area contributed by atoms with Crippen LogP contribution in [0.15, 0.2) is 24.3 Å². The summed E-state index contributed by atoms with van der Waals surface area (Å²) in [6.07, 6.45) is 2.71. The van der Waals surface area contributed by atoms with Gasteiger partial charge in [0.25, 0.3) is 0 Å². The van der Waals surface area contributed by atoms with Crippen molar-refractivity contribution in [2.45, 2.75) is 45.6 Å². The van der Waals surface area contributed by atoms with Crippen molar-refractivity contribution in [3.05, 3.63) is 35.6 Å². The van der Waals surface area contributed by atoms with E-state index in [-0.39, 0.29) is 40.8 Å². The van der Waals surface area contributed by atoms with E-state index in [4.69, 9.17) is 0 Å². The number of sulfonamides is 1. The Kier molecular flexibility index (Phi) is 3.22. The highest BCUT2D eigenvalue weighted by Crippen LogP contribution is 2.69. The largest absolute Gasteiger partial charge is 0.273 e. The second kappa shape index (κ2) is 4.81. The highest BCUT2D eigenvalue weighted by molar-refractivity contribution is 7.90. The van der Waals surface area contributed by atoms with Gasteiger partial charge in [-0.3, -0.25) is 4.79 Å². The highest BCUT2D eigenvalue weighted by atomic mass is 32.2. The Morgan fingerprint density at radius 2 is 1.96 bits per heavy atom. The lowest BCUT2D eigenvalue weighted by Crippen LogP contribution is -2.44. The summed E-state index contributed by atoms with van der Waals surface area (Å²) in [6.45, 7) is 4.32. The number of hydrogen-bond acceptors (Lipinski definition) is 3. The van der Waals surface area contributed by atoms with E-state index in [0.717, 1.165) is 19.3 Å². The van der Waals surface area contributed by atoms with Crippen LogP contribution in [0, 0.1) is 22.6 Å². The number of rotatable bonds is 2. The van der Waals surface area contributed by atoms with Gasteiger partial charge in [-0.15, -0.1) is 0 Å². The lowest BCUT2D eigenvalue weighted by molar-refractivity contribution is -0.128. The van der Waals surface area contributed by atoms with Gasteiger partial charge in [-0.2, -0.15) is 0 Å². The van der Waals surface area contributed by atoms with Gasteiger partial charge >= 0.3 is 0 Å². The van der Waals surface area contributed by atoms with Crippen molar-refractivity contribution in [3.8, 4) is 0 Å². The van der Waals surface area contributed by atoms with Crippen LogP contribution < -0.4 is 0 Å². The minimum Gasteiger partial charge on any atom is -0.273 e. The van der Waals surface area contributed by atoms with Crippen LogP contribution in [-0.4, -0.2) is 30.4 Å². The third kappa shape index (κ3) is 1.95. The normalized spacial score (nSPS) is 35.2. The summed E-state index contributed by atoms with van der Waals surface area (Å²) in [6, 6.07) is 5.46. The number of amides is 1. The van der Waals surface area contributed by atoms with Crippen molar-refractivity contribution in [2.75, 3.05) is 5.75 Å². The molecule has 1 heterocycles. The first-order valence-corrected chi connectivity index (χ1v) is 10.1. The van der Waals surface area contributed by atoms with Gasteiger partial charge in [0.1, 0.15) is 5.82 Å². The van der Waals surface area contributed by atoms with Crippen molar-refractivity contribution < 1.29 is 17.6 Å². The average molecular weight is 351 g/mol. The number of carbonyl (C=O) groups excluding carboxylic acids is 1. The number of nitrogens with zero attached hydrogens (tertiary/aromatic N) is 1. The molecule has 4 rings (SSSR count). The fraction of sp³-hybridized carbons (Fsp3) is 0.611. The topological polar surface area (TPSA) is 54.5 Å². The minimum absolute atomic E-state index is 0.00279. The van der Waals surface area contributed by atoms with E-state index in [2.05, 4.69) is 13.8 Å². The molecule has 3 atom stereocenters. The number of fused-ring (bicyclic) bond motifs is 1. The molecule has 6 heteroatoms. The van der Waals surface area contributed by atoms with Crippen LogP contribution >= 0.6 is 0 Å². The van der Waals surface area contributed by atoms with Crippen LogP contribution in [0.3, 0.4) is 0 Å². The Hall–Kier alpha value is -1.43. The van der Waals surface area contributed by atoms with Crippen molar-refractivity contribution in [3.63, 3.8) is 0 Å². The van der Waals surface area contributed by atoms with E-state index in [9.17, 15) is 17.6 Å². The first-order chi connectivity index (χ1) is 11.2. The molecule has 2 saturated carbocycles. The van der Waals surface area contributed by atoms with Crippen LogP contribution in [0.25, 0.3) is 0 Å². The molecule has 0 aromatic heterocycles. The molecule has 0 radical (unpaired) electrons. The average Bonchev–Trinajstić information content (AvgIpc) is 2.96. The maximum absolute atomic E-state index is 13.0. The molecule has 1 amide bonds. The molecule has 2 bridgehead atoms. The van der Waals surface area contributed by atoms with E-state index >= 15 is 0 Å². The summed E-state index contributed by atoms with van der Waals surface area (Å²) in [5.41, 5.74) is 0.296. The van der Waals surface area contributed by atoms with Gasteiger partial charge < -0.3 is 0 Å². The number of hydrogen-bond donors (Lipinski definition) is 0. The monoisotopic (exact) mass is 351 g/mol. The summed E-state index contributed by atoms with van der Waals surface area (Å²) >= 11 is 0. The van der Waals surface area contributed by atoms with Crippen molar-refractivity contribution in [2.24, 2.45) is 16.7 Å². The molecule has 3 unspecified atom stereocenters. The van der Waals surface area contributed by atoms with Crippen molar-refractivity contribution in [1.29, 1.82) is 0 Å². The number of halogens is 1. The molecule has 1 aliphatic heterocycles. The SMILES string of the molecule is CC1(C)C2CCC13CS(=O)(=O)N(C(=O)Cc1ccc(F)cc1)C3C2. The molecule has 3 aliphatic rings. The van der Waals surface area contributed by atoms with Crippen LogP contribution in [0.2, 0.25) is 0 Å². The Morgan fingerprint density at radius 1 is 1.29 bits per heavy atom. The van der Waals surface area contributed by atoms with E-state index in [1.165, 1.54) is 28.6 Å². The molecular formula is C18H22FNO3S. The predicted molar refractivity (Wildman–Crippen MR) is 88.1 cm³/mol. The summed E-state index contributed by atoms with van der Waals surface area (Å²) in [5.74, 6) is -0.177. The number of carbonyl (C=O) groups is 1. The van der Waals surface area contributed by atoms with Crippen LogP contribution in [-0.2, 0) is 21.2 Å². The van der Waals surface area contributed by atoms with Crippen molar-refractivity contribution >= 4 is 15.9 Å². The van der Waals surface area contributed by atoms with Gasteiger partial charge in [-0.1, -0.05) is 26.0 Å². The van der Waals surface area contributed by atoms with Gasteiger partial charge in [-0.25, -0.2) is 17.1 Å². The van der Waals surface area contributed by atoms with Crippen molar-refractivity contribution in [1.82, 2.24) is 4.31 Å². The highest BCUT2D eigenvalue weighted by Gasteiger charge is 2.72. The Balaban J connectivity index is 1.66. The van der Waals surface area contributed by atoms with Crippen LogP contribution in [0.5, 0.6) is 0 Å². The molecule has 24 heavy (non-hydrogen) atoms. The summed E-state index contributed by atoms with van der Waals surface area (Å²) in [7, 11) is -3.58. The molecule has 1 aromatic rings. The first-order valence-electron chi connectivity index (χ1n) is 8.47. The lowest BCUT2D eigenvalue weighted by atomic mass is 9.69. The predicted octanol–water partition coefficient (Wildman–Crippen LogP) is 2.74. The van der Waals surface area contributed by atoms with E-state index in [0.29, 0.717) is 11.5 Å². The first kappa shape index (κ1) is 16.1. The molecular weight excluding hydrogens is 329 g/mol. The molecule has 1 spiro atoms. The Labute approximate surface area is 142 Å². The molecule has 4 nitrogen and oxygen atoms in total. The summed E-state index contributed by atoms with van der Waals surface area (Å²) < 4.78 is 39.8. The molecule has 2 aliphatic carbocycles. The van der Waals surface area contributed by atoms with E-state index < -0.39 is 10.0 Å². The summed E-state index contributed by atoms with van der Waals surface area (Å²) in [5, 5.41) is 0. The second-order valence-electron chi connectivity index (χ2n) is 8.11. The fourth-order valence-electron chi connectivity index (χ4n) is 5.47. The Morgan fingerprint density at radius 3 is 2.58 bits per heavy atom. The molecule has 1 aromatic carbocycles. The van der Waals surface area contributed by atoms with E-state index in [1.807, 2.05) is 0 Å². The lowest BCUT2D eigenvalue weighted by Gasteiger charge is -2.37. The minimum atomic E-state index is -3.58. The van der Waals surface area contributed by atoms with Gasteiger partial charge in [0, 0.05) is 5.41 Å². The zero-order valence-corrected chi connectivity index (χ0v) is 14.8. The standard InChI is InChI=1S/C18H22FNO3S/c1-17(2)13-7-8-18(17)11-24(22,23)20(15(18)10-13)16(21)9-12-3-5-14(19)6-4-12/h3-6,13,15H,7-11H2,1-2H3. The Bertz CT molecular complexity index is 802. The quantitative estimate of drug-likeness (QED) is 0.823. The van der Waals surface area contributed by atoms with E-state index in [1.54, 1.807) is 0 Å². The molecule has 0 N–H and O–H groups in total. The maximum atomic E-state index is 13.0. The van der Waals surface area contributed by atoms with Gasteiger partial charge in [0.2, 0.25) is 15.9 Å². The van der Waals surface area contributed by atoms with Crippen LogP contribution in [0.1, 0.15) is 38.7 Å². The fourth-order valence-corrected chi connectivity index (χ4v) is 8.02. The van der Waals surface area contributed by atoms with Crippen LogP contribution in [0.4, 0.5) is 4.39 Å². The van der Waals surface area contributed by atoms with Gasteiger partial charge in [0.15, 0.2) is 0 Å². The molecule has 3 fully saturated rings. The zero-order chi connectivity index (χ0) is 17.3. The zero-order valence-electron chi connectivity index (χ0n) is 14.0. The van der Waals surface area contributed by atoms with Gasteiger partial charge in [0.05, 0.1) is 18.2 Å². The summed E-state index contributed by atoms with van der Waals surface area (Å²) in [4.78, 5) is 12.8. The third-order valence-electron chi connectivity index (χ3n) is 6.93. The third-order valence-corrected chi connectivity index (χ3v) is 8.86. The maximum Gasteiger partial charge on any atom is 0.240 e. The number of benzene rings is 1. The second-order valence-corrected chi connectivity index (χ2v) is 9.96. The molecule has 1 saturated heterocycles. The molecule has 130 valence electrons. The van der Waals surface area contributed by atoms with Gasteiger partial charge in [-0.05, 0) is 48.3 Å².